The van der Waals surface area contributed by atoms with Gasteiger partial charge in [-0.15, -0.1) is 0 Å². The summed E-state index contributed by atoms with van der Waals surface area (Å²) in [4.78, 5) is 16.3. The van der Waals surface area contributed by atoms with E-state index in [-0.39, 0.29) is 0 Å². The van der Waals surface area contributed by atoms with Crippen LogP contribution in [0.2, 0.25) is 0 Å². The molecule has 0 bridgehead atoms. The smallest absolute Gasteiger partial charge is 0.224 e. The third kappa shape index (κ3) is 1.76. The highest BCUT2D eigenvalue weighted by atomic mass is 16.3. The van der Waals surface area contributed by atoms with E-state index < -0.39 is 0 Å². The van der Waals surface area contributed by atoms with E-state index in [9.17, 15) is 4.79 Å². The second-order valence-corrected chi connectivity index (χ2v) is 4.91. The van der Waals surface area contributed by atoms with Crippen molar-refractivity contribution in [3.8, 4) is 0 Å². The van der Waals surface area contributed by atoms with Gasteiger partial charge in [0.15, 0.2) is 0 Å². The summed E-state index contributed by atoms with van der Waals surface area (Å²) in [6.45, 7) is 4.91. The van der Waals surface area contributed by atoms with E-state index >= 15 is 0 Å². The number of hydrogen-bond acceptors (Lipinski definition) is 3. The van der Waals surface area contributed by atoms with Gasteiger partial charge in [-0.1, -0.05) is 0 Å². The first kappa shape index (κ1) is 10.8. The number of likely N-dealkylation sites (tertiary alicyclic amines) is 2. The van der Waals surface area contributed by atoms with Crippen molar-refractivity contribution in [2.45, 2.75) is 38.4 Å². The van der Waals surface area contributed by atoms with Crippen molar-refractivity contribution in [2.24, 2.45) is 0 Å². The maximum Gasteiger partial charge on any atom is 0.224 e. The lowest BCUT2D eigenvalue weighted by Crippen LogP contribution is -2.36. The number of carbonyl (C=O) groups is 1. The number of nitrogens with zero attached hydrogens (tertiary/aromatic N) is 2. The van der Waals surface area contributed by atoms with Crippen molar-refractivity contribution in [3.05, 3.63) is 24.2 Å². The molecule has 92 valence electrons. The number of hydrogen-bond donors (Lipinski definition) is 0. The van der Waals surface area contributed by atoms with Crippen LogP contribution in [-0.2, 0) is 11.3 Å². The molecular formula is C13H18N2O2. The van der Waals surface area contributed by atoms with Gasteiger partial charge in [0, 0.05) is 43.7 Å². The SMILES string of the molecule is CCN1C(=O)C[C@@H]2[C@H]1CCN2Cc1ccoc1. The minimum absolute atomic E-state index is 0.319. The summed E-state index contributed by atoms with van der Waals surface area (Å²) in [7, 11) is 0. The Kier molecular flexibility index (Phi) is 2.67. The zero-order valence-corrected chi connectivity index (χ0v) is 10.1. The lowest BCUT2D eigenvalue weighted by Gasteiger charge is -2.24. The van der Waals surface area contributed by atoms with Crippen molar-refractivity contribution in [2.75, 3.05) is 13.1 Å². The molecule has 1 amide bonds. The molecular weight excluding hydrogens is 216 g/mol. The van der Waals surface area contributed by atoms with Crippen molar-refractivity contribution in [1.29, 1.82) is 0 Å². The zero-order chi connectivity index (χ0) is 11.8. The van der Waals surface area contributed by atoms with Gasteiger partial charge in [0.2, 0.25) is 5.91 Å². The Bertz CT molecular complexity index is 402. The molecule has 1 aromatic heterocycles. The van der Waals surface area contributed by atoms with Crippen LogP contribution < -0.4 is 0 Å². The minimum Gasteiger partial charge on any atom is -0.472 e. The minimum atomic E-state index is 0.319. The van der Waals surface area contributed by atoms with Gasteiger partial charge in [-0.25, -0.2) is 0 Å². The Hall–Kier alpha value is -1.29. The molecule has 3 heterocycles. The molecule has 0 spiro atoms. The zero-order valence-electron chi connectivity index (χ0n) is 10.1. The molecule has 4 heteroatoms. The van der Waals surface area contributed by atoms with Crippen LogP contribution in [0.3, 0.4) is 0 Å². The molecule has 17 heavy (non-hydrogen) atoms. The van der Waals surface area contributed by atoms with E-state index in [2.05, 4.69) is 11.8 Å². The van der Waals surface area contributed by atoms with E-state index in [1.165, 1.54) is 5.56 Å². The predicted octanol–water partition coefficient (Wildman–Crippen LogP) is 1.47. The summed E-state index contributed by atoms with van der Waals surface area (Å²) < 4.78 is 5.10. The number of likely N-dealkylation sites (N-methyl/N-ethyl adjacent to an activating group) is 1. The number of amides is 1. The van der Waals surface area contributed by atoms with Crippen LogP contribution in [0.25, 0.3) is 0 Å². The standard InChI is InChI=1S/C13H18N2O2/c1-2-15-11-3-5-14(12(11)7-13(15)16)8-10-4-6-17-9-10/h4,6,9,11-12H,2-3,5,7-8H2,1H3/t11-,12-/m1/s1. The molecule has 2 aliphatic rings. The highest BCUT2D eigenvalue weighted by molar-refractivity contribution is 5.80. The van der Waals surface area contributed by atoms with Gasteiger partial charge in [0.1, 0.15) is 0 Å². The lowest BCUT2D eigenvalue weighted by molar-refractivity contribution is -0.128. The maximum atomic E-state index is 11.8. The number of rotatable bonds is 3. The average molecular weight is 234 g/mol. The molecule has 2 atom stereocenters. The predicted molar refractivity (Wildman–Crippen MR) is 63.3 cm³/mol. The summed E-state index contributed by atoms with van der Waals surface area (Å²) in [6.07, 6.45) is 5.31. The summed E-state index contributed by atoms with van der Waals surface area (Å²) in [6, 6.07) is 2.86. The fourth-order valence-electron chi connectivity index (χ4n) is 3.23. The van der Waals surface area contributed by atoms with Crippen LogP contribution in [0.1, 0.15) is 25.3 Å². The fourth-order valence-corrected chi connectivity index (χ4v) is 3.23. The first-order chi connectivity index (χ1) is 8.29. The molecule has 2 saturated heterocycles. The van der Waals surface area contributed by atoms with E-state index in [1.807, 2.05) is 11.0 Å². The molecule has 0 radical (unpaired) electrons. The van der Waals surface area contributed by atoms with Gasteiger partial charge in [0.05, 0.1) is 12.5 Å². The van der Waals surface area contributed by atoms with Crippen molar-refractivity contribution >= 4 is 5.91 Å². The molecule has 2 aliphatic heterocycles. The van der Waals surface area contributed by atoms with E-state index in [0.717, 1.165) is 26.1 Å². The first-order valence-corrected chi connectivity index (χ1v) is 6.34. The van der Waals surface area contributed by atoms with Gasteiger partial charge >= 0.3 is 0 Å². The van der Waals surface area contributed by atoms with Crippen LogP contribution in [0.15, 0.2) is 23.0 Å². The molecule has 0 unspecified atom stereocenters. The van der Waals surface area contributed by atoms with Gasteiger partial charge in [-0.2, -0.15) is 0 Å². The molecule has 0 N–H and O–H groups in total. The van der Waals surface area contributed by atoms with Crippen molar-refractivity contribution in [3.63, 3.8) is 0 Å². The average Bonchev–Trinajstić information content (AvgIpc) is 2.98. The van der Waals surface area contributed by atoms with Gasteiger partial charge < -0.3 is 9.32 Å². The largest absolute Gasteiger partial charge is 0.472 e. The molecule has 0 aliphatic carbocycles. The van der Waals surface area contributed by atoms with Crippen molar-refractivity contribution in [1.82, 2.24) is 9.80 Å². The Labute approximate surface area is 101 Å². The first-order valence-electron chi connectivity index (χ1n) is 6.34. The van der Waals surface area contributed by atoms with Crippen LogP contribution >= 0.6 is 0 Å². The highest BCUT2D eigenvalue weighted by Crippen LogP contribution is 2.33. The van der Waals surface area contributed by atoms with Gasteiger partial charge in [-0.3, -0.25) is 9.69 Å². The van der Waals surface area contributed by atoms with Crippen molar-refractivity contribution < 1.29 is 9.21 Å². The molecule has 0 saturated carbocycles. The lowest BCUT2D eigenvalue weighted by atomic mass is 10.1. The highest BCUT2D eigenvalue weighted by Gasteiger charge is 2.45. The number of furan rings is 1. The number of carbonyl (C=O) groups excluding carboxylic acids is 1. The molecule has 3 rings (SSSR count). The third-order valence-electron chi connectivity index (χ3n) is 4.04. The van der Waals surface area contributed by atoms with E-state index in [0.29, 0.717) is 24.4 Å². The number of fused-ring (bicyclic) bond motifs is 1. The van der Waals surface area contributed by atoms with E-state index in [4.69, 9.17) is 4.42 Å². The van der Waals surface area contributed by atoms with E-state index in [1.54, 1.807) is 12.5 Å². The topological polar surface area (TPSA) is 36.7 Å². The molecule has 2 fully saturated rings. The molecule has 1 aromatic rings. The summed E-state index contributed by atoms with van der Waals surface area (Å²) >= 11 is 0. The molecule has 0 aromatic carbocycles. The second kappa shape index (κ2) is 4.18. The van der Waals surface area contributed by atoms with Crippen LogP contribution in [-0.4, -0.2) is 40.9 Å². The van der Waals surface area contributed by atoms with Gasteiger partial charge in [-0.05, 0) is 19.4 Å². The Morgan fingerprint density at radius 1 is 1.47 bits per heavy atom. The third-order valence-corrected chi connectivity index (χ3v) is 4.04. The maximum absolute atomic E-state index is 11.8. The van der Waals surface area contributed by atoms with Gasteiger partial charge in [0.25, 0.3) is 0 Å². The van der Waals surface area contributed by atoms with Crippen LogP contribution in [0, 0.1) is 0 Å². The summed E-state index contributed by atoms with van der Waals surface area (Å²) in [5.41, 5.74) is 1.20. The second-order valence-electron chi connectivity index (χ2n) is 4.91. The van der Waals surface area contributed by atoms with Crippen LogP contribution in [0.4, 0.5) is 0 Å². The van der Waals surface area contributed by atoms with Crippen LogP contribution in [0.5, 0.6) is 0 Å². The summed E-state index contributed by atoms with van der Waals surface area (Å²) in [5, 5.41) is 0. The Morgan fingerprint density at radius 3 is 3.06 bits per heavy atom. The molecule has 4 nitrogen and oxygen atoms in total. The fraction of sp³-hybridized carbons (Fsp3) is 0.615. The Morgan fingerprint density at radius 2 is 2.35 bits per heavy atom. The Balaban J connectivity index is 1.72. The normalized spacial score (nSPS) is 29.0. The quantitative estimate of drug-likeness (QED) is 0.794. The summed E-state index contributed by atoms with van der Waals surface area (Å²) in [5.74, 6) is 0.319. The monoisotopic (exact) mass is 234 g/mol.